The van der Waals surface area contributed by atoms with E-state index >= 15 is 0 Å². The van der Waals surface area contributed by atoms with Gasteiger partial charge in [0.25, 0.3) is 0 Å². The Morgan fingerprint density at radius 1 is 0.471 bits per heavy atom. The quantitative estimate of drug-likeness (QED) is 0.0261. The van der Waals surface area contributed by atoms with Crippen LogP contribution in [0.15, 0.2) is 12.2 Å². The van der Waals surface area contributed by atoms with Crippen molar-refractivity contribution >= 4 is 5.91 Å². The molecule has 0 saturated carbocycles. The van der Waals surface area contributed by atoms with Crippen LogP contribution in [-0.2, 0) is 14.3 Å². The van der Waals surface area contributed by atoms with Gasteiger partial charge in [0.2, 0.25) is 5.91 Å². The highest BCUT2D eigenvalue weighted by Gasteiger charge is 2.44. The Hall–Kier alpha value is -1.07. The Morgan fingerprint density at radius 3 is 1.11 bits per heavy atom. The number of allylic oxidation sites excluding steroid dienone is 1. The molecule has 1 saturated heterocycles. The summed E-state index contributed by atoms with van der Waals surface area (Å²) in [5.41, 5.74) is 0. The minimum Gasteiger partial charge on any atom is -0.394 e. The number of ether oxygens (including phenoxy) is 2. The number of hydrogen-bond donors (Lipinski definition) is 6. The first kappa shape index (κ1) is 66.9. The first-order chi connectivity index (χ1) is 34.3. The first-order valence-corrected chi connectivity index (χ1v) is 30.9. The van der Waals surface area contributed by atoms with Crippen molar-refractivity contribution in [2.45, 2.75) is 358 Å². The van der Waals surface area contributed by atoms with Crippen LogP contribution in [0.5, 0.6) is 0 Å². The van der Waals surface area contributed by atoms with Crippen molar-refractivity contribution in [2.24, 2.45) is 0 Å². The molecule has 6 N–H and O–H groups in total. The Kier molecular flexibility index (Phi) is 49.2. The molecule has 9 heteroatoms. The summed E-state index contributed by atoms with van der Waals surface area (Å²) >= 11 is 0. The topological polar surface area (TPSA) is 149 Å². The third-order valence-corrected chi connectivity index (χ3v) is 15.1. The predicted octanol–water partition coefficient (Wildman–Crippen LogP) is 15.6. The van der Waals surface area contributed by atoms with Crippen molar-refractivity contribution in [3.05, 3.63) is 12.2 Å². The zero-order chi connectivity index (χ0) is 50.8. The van der Waals surface area contributed by atoms with E-state index in [1.165, 1.54) is 257 Å². The van der Waals surface area contributed by atoms with E-state index in [0.29, 0.717) is 6.42 Å². The molecule has 0 aliphatic carbocycles. The van der Waals surface area contributed by atoms with E-state index in [-0.39, 0.29) is 12.5 Å². The van der Waals surface area contributed by atoms with Crippen molar-refractivity contribution in [3.63, 3.8) is 0 Å². The molecule has 416 valence electrons. The van der Waals surface area contributed by atoms with Crippen LogP contribution in [0.1, 0.15) is 316 Å². The predicted molar refractivity (Wildman–Crippen MR) is 295 cm³/mol. The number of aliphatic hydroxyl groups excluding tert-OH is 5. The molecule has 0 aromatic heterocycles. The molecule has 0 radical (unpaired) electrons. The van der Waals surface area contributed by atoms with Gasteiger partial charge in [-0.15, -0.1) is 0 Å². The van der Waals surface area contributed by atoms with Gasteiger partial charge in [0.1, 0.15) is 24.4 Å². The second kappa shape index (κ2) is 51.4. The lowest BCUT2D eigenvalue weighted by atomic mass is 9.99. The van der Waals surface area contributed by atoms with Gasteiger partial charge in [0.05, 0.1) is 25.4 Å². The molecule has 1 heterocycles. The third kappa shape index (κ3) is 40.3. The van der Waals surface area contributed by atoms with Crippen LogP contribution < -0.4 is 5.32 Å². The van der Waals surface area contributed by atoms with E-state index in [1.807, 2.05) is 6.08 Å². The highest BCUT2D eigenvalue weighted by Crippen LogP contribution is 2.23. The summed E-state index contributed by atoms with van der Waals surface area (Å²) in [5.74, 6) is -0.169. The number of amides is 1. The molecule has 9 nitrogen and oxygen atoms in total. The number of rotatable bonds is 54. The van der Waals surface area contributed by atoms with Gasteiger partial charge in [-0.25, -0.2) is 0 Å². The molecule has 7 unspecified atom stereocenters. The molecule has 0 spiro atoms. The van der Waals surface area contributed by atoms with Crippen LogP contribution in [0.25, 0.3) is 0 Å². The van der Waals surface area contributed by atoms with Crippen LogP contribution in [-0.4, -0.2) is 87.5 Å². The second-order valence-corrected chi connectivity index (χ2v) is 21.9. The Bertz CT molecular complexity index is 1110. The summed E-state index contributed by atoms with van der Waals surface area (Å²) in [5, 5.41) is 54.6. The standard InChI is InChI=1S/C61H119NO8/c1-3-5-7-9-11-13-15-17-19-21-23-25-27-29-31-33-35-37-39-41-43-45-47-49-51-57(65)62-54(53-69-61-60(68)59(67)58(66)56(52-63)70-61)55(64)50-48-46-44-42-40-38-36-34-32-30-28-26-24-22-20-18-16-14-12-10-8-6-4-2/h48,50,54-56,58-61,63-64,66-68H,3-47,49,51-53H2,1-2H3,(H,62,65)/b50-48+. The third-order valence-electron chi connectivity index (χ3n) is 15.1. The molecule has 70 heavy (non-hydrogen) atoms. The minimum absolute atomic E-state index is 0.169. The number of carbonyl (C=O) groups is 1. The van der Waals surface area contributed by atoms with Crippen molar-refractivity contribution in [3.8, 4) is 0 Å². The van der Waals surface area contributed by atoms with Crippen molar-refractivity contribution in [1.82, 2.24) is 5.32 Å². The van der Waals surface area contributed by atoms with Gasteiger partial charge in [0, 0.05) is 6.42 Å². The van der Waals surface area contributed by atoms with Crippen LogP contribution in [0.4, 0.5) is 0 Å². The zero-order valence-electron chi connectivity index (χ0n) is 46.3. The second-order valence-electron chi connectivity index (χ2n) is 21.9. The van der Waals surface area contributed by atoms with Gasteiger partial charge in [0.15, 0.2) is 6.29 Å². The van der Waals surface area contributed by atoms with Crippen LogP contribution in [0, 0.1) is 0 Å². The molecular weight excluding hydrogens is 875 g/mol. The Balaban J connectivity index is 2.18. The van der Waals surface area contributed by atoms with Gasteiger partial charge < -0.3 is 40.3 Å². The summed E-state index contributed by atoms with van der Waals surface area (Å²) < 4.78 is 11.3. The van der Waals surface area contributed by atoms with Gasteiger partial charge >= 0.3 is 0 Å². The van der Waals surface area contributed by atoms with E-state index in [9.17, 15) is 30.3 Å². The number of unbranched alkanes of at least 4 members (excludes halogenated alkanes) is 44. The van der Waals surface area contributed by atoms with E-state index in [0.717, 1.165) is 38.5 Å². The SMILES string of the molecule is CCCCCCCCCCCCCCCCCCCCCCC/C=C/C(O)C(COC1OC(CO)C(O)C(O)C1O)NC(=O)CCCCCCCCCCCCCCCCCCCCCCCCCC. The van der Waals surface area contributed by atoms with E-state index in [2.05, 4.69) is 19.2 Å². The van der Waals surface area contributed by atoms with Gasteiger partial charge in [-0.05, 0) is 19.3 Å². The first-order valence-electron chi connectivity index (χ1n) is 30.9. The van der Waals surface area contributed by atoms with Gasteiger partial charge in [-0.1, -0.05) is 302 Å². The maximum absolute atomic E-state index is 13.1. The average molecular weight is 995 g/mol. The van der Waals surface area contributed by atoms with Crippen LogP contribution in [0.3, 0.4) is 0 Å². The van der Waals surface area contributed by atoms with Crippen LogP contribution in [0.2, 0.25) is 0 Å². The molecule has 1 fully saturated rings. The molecule has 0 bridgehead atoms. The molecule has 1 aliphatic heterocycles. The van der Waals surface area contributed by atoms with Crippen molar-refractivity contribution in [1.29, 1.82) is 0 Å². The average Bonchev–Trinajstić information content (AvgIpc) is 3.36. The smallest absolute Gasteiger partial charge is 0.220 e. The van der Waals surface area contributed by atoms with Crippen molar-refractivity contribution in [2.75, 3.05) is 13.2 Å². The van der Waals surface area contributed by atoms with Crippen LogP contribution >= 0.6 is 0 Å². The lowest BCUT2D eigenvalue weighted by molar-refractivity contribution is -0.302. The number of aliphatic hydroxyl groups is 5. The normalized spacial score (nSPS) is 19.3. The van der Waals surface area contributed by atoms with E-state index in [1.54, 1.807) is 6.08 Å². The van der Waals surface area contributed by atoms with Gasteiger partial charge in [-0.2, -0.15) is 0 Å². The molecule has 1 aliphatic rings. The largest absolute Gasteiger partial charge is 0.394 e. The molecular formula is C61H119NO8. The summed E-state index contributed by atoms with van der Waals surface area (Å²) in [4.78, 5) is 13.1. The summed E-state index contributed by atoms with van der Waals surface area (Å²) in [6.45, 7) is 3.83. The molecule has 0 aromatic rings. The number of carbonyl (C=O) groups excluding carboxylic acids is 1. The maximum Gasteiger partial charge on any atom is 0.220 e. The minimum atomic E-state index is -1.56. The summed E-state index contributed by atoms with van der Waals surface area (Å²) in [6, 6.07) is -0.801. The fourth-order valence-electron chi connectivity index (χ4n) is 10.2. The van der Waals surface area contributed by atoms with E-state index in [4.69, 9.17) is 9.47 Å². The molecule has 1 amide bonds. The van der Waals surface area contributed by atoms with Gasteiger partial charge in [-0.3, -0.25) is 4.79 Å². The fourth-order valence-corrected chi connectivity index (χ4v) is 10.2. The molecule has 0 aromatic carbocycles. The highest BCUT2D eigenvalue weighted by molar-refractivity contribution is 5.76. The lowest BCUT2D eigenvalue weighted by Crippen LogP contribution is -2.60. The Morgan fingerprint density at radius 2 is 0.786 bits per heavy atom. The fraction of sp³-hybridized carbons (Fsp3) is 0.951. The lowest BCUT2D eigenvalue weighted by Gasteiger charge is -2.40. The Labute approximate surface area is 433 Å². The number of nitrogens with one attached hydrogen (secondary N) is 1. The summed E-state index contributed by atoms with van der Waals surface area (Å²) in [6.07, 6.45) is 57.1. The zero-order valence-corrected chi connectivity index (χ0v) is 46.3. The van der Waals surface area contributed by atoms with Crippen molar-refractivity contribution < 1.29 is 39.8 Å². The van der Waals surface area contributed by atoms with E-state index < -0.39 is 49.5 Å². The summed E-state index contributed by atoms with van der Waals surface area (Å²) in [7, 11) is 0. The number of hydrogen-bond acceptors (Lipinski definition) is 8. The monoisotopic (exact) mass is 994 g/mol. The molecule has 7 atom stereocenters. The molecule has 1 rings (SSSR count). The highest BCUT2D eigenvalue weighted by atomic mass is 16.7. The maximum atomic E-state index is 13.1.